The van der Waals surface area contributed by atoms with E-state index in [2.05, 4.69) is 5.10 Å². The van der Waals surface area contributed by atoms with Crippen LogP contribution in [0.25, 0.3) is 6.08 Å². The summed E-state index contributed by atoms with van der Waals surface area (Å²) in [5, 5.41) is 15.4. The van der Waals surface area contributed by atoms with Crippen LogP contribution < -0.4 is 4.74 Å². The first-order valence-electron chi connectivity index (χ1n) is 7.80. The van der Waals surface area contributed by atoms with Gasteiger partial charge in [-0.3, -0.25) is 19.6 Å². The molecule has 0 saturated carbocycles. The molecule has 8 nitrogen and oxygen atoms in total. The maximum absolute atomic E-state index is 12.2. The van der Waals surface area contributed by atoms with Crippen molar-refractivity contribution in [3.63, 3.8) is 0 Å². The Morgan fingerprint density at radius 1 is 1.41 bits per heavy atom. The van der Waals surface area contributed by atoms with Crippen LogP contribution in [0.2, 0.25) is 5.02 Å². The van der Waals surface area contributed by atoms with Gasteiger partial charge in [-0.2, -0.15) is 5.10 Å². The quantitative estimate of drug-likeness (QED) is 0.262. The number of carbonyl (C=O) groups excluding carboxylic acids is 1. The van der Waals surface area contributed by atoms with Gasteiger partial charge in [-0.15, -0.1) is 0 Å². The highest BCUT2D eigenvalue weighted by molar-refractivity contribution is 6.30. The summed E-state index contributed by atoms with van der Waals surface area (Å²) in [6, 6.07) is 10.3. The Balaban J connectivity index is 1.65. The van der Waals surface area contributed by atoms with Gasteiger partial charge in [0.2, 0.25) is 11.5 Å². The molecule has 0 unspecified atom stereocenters. The van der Waals surface area contributed by atoms with Crippen LogP contribution >= 0.6 is 11.6 Å². The molecule has 0 aliphatic rings. The number of hydrogen-bond acceptors (Lipinski definition) is 6. The number of halogens is 1. The van der Waals surface area contributed by atoms with Crippen LogP contribution in [0, 0.1) is 10.1 Å². The number of carbonyl (C=O) groups is 1. The molecule has 0 bridgehead atoms. The predicted octanol–water partition coefficient (Wildman–Crippen LogP) is 4.05. The molecule has 2 aromatic heterocycles. The number of ether oxygens (including phenoxy) is 1. The number of rotatable bonds is 7. The Bertz CT molecular complexity index is 1020. The van der Waals surface area contributed by atoms with Gasteiger partial charge in [-0.25, -0.2) is 0 Å². The highest BCUT2D eigenvalue weighted by Crippen LogP contribution is 2.20. The number of aromatic nitrogens is 2. The third kappa shape index (κ3) is 4.62. The highest BCUT2D eigenvalue weighted by atomic mass is 35.5. The number of hydrogen-bond donors (Lipinski definition) is 0. The minimum atomic E-state index is -0.647. The van der Waals surface area contributed by atoms with E-state index in [4.69, 9.17) is 20.8 Å². The minimum Gasteiger partial charge on any atom is -0.486 e. The molecule has 3 rings (SSSR count). The molecular weight excluding hydrogens is 374 g/mol. The van der Waals surface area contributed by atoms with Gasteiger partial charge >= 0.3 is 5.69 Å². The van der Waals surface area contributed by atoms with Crippen LogP contribution in [0.4, 0.5) is 5.69 Å². The first kappa shape index (κ1) is 18.4. The number of nitrogens with zero attached hydrogens (tertiary/aromatic N) is 3. The number of benzene rings is 1. The molecule has 0 aliphatic carbocycles. The summed E-state index contributed by atoms with van der Waals surface area (Å²) in [4.78, 5) is 22.5. The zero-order valence-corrected chi connectivity index (χ0v) is 14.9. The van der Waals surface area contributed by atoms with E-state index in [1.807, 2.05) is 0 Å². The molecule has 0 radical (unpaired) electrons. The smallest absolute Gasteiger partial charge is 0.318 e. The average molecular weight is 388 g/mol. The first-order valence-corrected chi connectivity index (χ1v) is 8.17. The normalized spacial score (nSPS) is 11.0. The first-order chi connectivity index (χ1) is 12.9. The molecule has 0 atom stereocenters. The largest absolute Gasteiger partial charge is 0.486 e. The molecule has 0 spiro atoms. The van der Waals surface area contributed by atoms with Crippen molar-refractivity contribution in [3.8, 4) is 5.75 Å². The van der Waals surface area contributed by atoms with Crippen molar-refractivity contribution in [1.82, 2.24) is 9.78 Å². The molecule has 0 saturated heterocycles. The lowest BCUT2D eigenvalue weighted by Gasteiger charge is -2.03. The van der Waals surface area contributed by atoms with E-state index in [9.17, 15) is 14.9 Å². The summed E-state index contributed by atoms with van der Waals surface area (Å²) < 4.78 is 12.3. The van der Waals surface area contributed by atoms with E-state index in [1.165, 1.54) is 30.1 Å². The van der Waals surface area contributed by atoms with E-state index < -0.39 is 10.7 Å². The molecule has 2 heterocycles. The SMILES string of the molecule is Cn1cc([N+](=O)[O-])c(C(=O)/C=C/c2ccc(COc3cccc(Cl)c3)o2)n1. The van der Waals surface area contributed by atoms with Gasteiger partial charge in [0.05, 0.1) is 4.92 Å². The van der Waals surface area contributed by atoms with Crippen molar-refractivity contribution >= 4 is 29.1 Å². The second-order valence-corrected chi connectivity index (χ2v) is 5.98. The van der Waals surface area contributed by atoms with Gasteiger partial charge in [-0.05, 0) is 42.5 Å². The Labute approximate surface area is 158 Å². The zero-order chi connectivity index (χ0) is 19.4. The zero-order valence-electron chi connectivity index (χ0n) is 14.2. The fourth-order valence-electron chi connectivity index (χ4n) is 2.29. The molecular formula is C18H14ClN3O5. The average Bonchev–Trinajstić information content (AvgIpc) is 3.24. The Hall–Kier alpha value is -3.39. The van der Waals surface area contributed by atoms with E-state index in [0.717, 1.165) is 0 Å². The lowest BCUT2D eigenvalue weighted by atomic mass is 10.2. The predicted molar refractivity (Wildman–Crippen MR) is 97.7 cm³/mol. The van der Waals surface area contributed by atoms with E-state index in [-0.39, 0.29) is 18.0 Å². The van der Waals surface area contributed by atoms with Crippen LogP contribution in [0.5, 0.6) is 5.75 Å². The number of furan rings is 1. The number of ketones is 1. The number of aryl methyl sites for hydroxylation is 1. The van der Waals surface area contributed by atoms with Crippen molar-refractivity contribution in [1.29, 1.82) is 0 Å². The maximum Gasteiger partial charge on any atom is 0.318 e. The van der Waals surface area contributed by atoms with E-state index >= 15 is 0 Å². The second kappa shape index (κ2) is 7.88. The Morgan fingerprint density at radius 3 is 2.96 bits per heavy atom. The lowest BCUT2D eigenvalue weighted by Crippen LogP contribution is -2.00. The second-order valence-electron chi connectivity index (χ2n) is 5.54. The standard InChI is InChI=1S/C18H14ClN3O5/c1-21-10-16(22(24)25)18(20-21)17(23)8-7-13-5-6-15(27-13)11-26-14-4-2-3-12(19)9-14/h2-10H,11H2,1H3/b8-7+. The molecule has 138 valence electrons. The fraction of sp³-hybridized carbons (Fsp3) is 0.111. The summed E-state index contributed by atoms with van der Waals surface area (Å²) in [5.41, 5.74) is -0.572. The van der Waals surface area contributed by atoms with E-state index in [1.54, 1.807) is 36.4 Å². The van der Waals surface area contributed by atoms with Crippen LogP contribution in [-0.4, -0.2) is 20.5 Å². The number of allylic oxidation sites excluding steroid dienone is 1. The fourth-order valence-corrected chi connectivity index (χ4v) is 2.47. The molecule has 3 aromatic rings. The van der Waals surface area contributed by atoms with Crippen LogP contribution in [0.3, 0.4) is 0 Å². The molecule has 0 fully saturated rings. The summed E-state index contributed by atoms with van der Waals surface area (Å²) >= 11 is 5.89. The van der Waals surface area contributed by atoms with Gasteiger partial charge in [0, 0.05) is 12.1 Å². The van der Waals surface area contributed by atoms with Crippen molar-refractivity contribution in [3.05, 3.63) is 81.0 Å². The molecule has 0 N–H and O–H groups in total. The topological polar surface area (TPSA) is 100 Å². The maximum atomic E-state index is 12.2. The summed E-state index contributed by atoms with van der Waals surface area (Å²) in [6.45, 7) is 0.188. The minimum absolute atomic E-state index is 0.188. The van der Waals surface area contributed by atoms with Crippen molar-refractivity contribution in [2.75, 3.05) is 0 Å². The van der Waals surface area contributed by atoms with Gasteiger partial charge in [0.15, 0.2) is 0 Å². The van der Waals surface area contributed by atoms with Crippen LogP contribution in [0.1, 0.15) is 22.0 Å². The summed E-state index contributed by atoms with van der Waals surface area (Å²) in [7, 11) is 1.51. The Kier molecular flexibility index (Phi) is 5.37. The van der Waals surface area contributed by atoms with Crippen LogP contribution in [0.15, 0.2) is 53.1 Å². The Morgan fingerprint density at radius 2 is 2.22 bits per heavy atom. The van der Waals surface area contributed by atoms with Gasteiger partial charge in [0.1, 0.15) is 30.1 Å². The van der Waals surface area contributed by atoms with Crippen LogP contribution in [-0.2, 0) is 13.7 Å². The molecule has 27 heavy (non-hydrogen) atoms. The highest BCUT2D eigenvalue weighted by Gasteiger charge is 2.23. The summed E-state index contributed by atoms with van der Waals surface area (Å²) in [5.74, 6) is 0.974. The lowest BCUT2D eigenvalue weighted by molar-refractivity contribution is -0.385. The van der Waals surface area contributed by atoms with Gasteiger partial charge in [0.25, 0.3) is 0 Å². The van der Waals surface area contributed by atoms with Crippen molar-refractivity contribution in [2.45, 2.75) is 6.61 Å². The summed E-state index contributed by atoms with van der Waals surface area (Å²) in [6.07, 6.45) is 3.78. The van der Waals surface area contributed by atoms with Gasteiger partial charge in [-0.1, -0.05) is 17.7 Å². The van der Waals surface area contributed by atoms with Crippen molar-refractivity contribution < 1.29 is 18.9 Å². The molecule has 9 heteroatoms. The monoisotopic (exact) mass is 387 g/mol. The van der Waals surface area contributed by atoms with Crippen molar-refractivity contribution in [2.24, 2.45) is 7.05 Å². The third-order valence-corrected chi connectivity index (χ3v) is 3.73. The third-order valence-electron chi connectivity index (χ3n) is 3.50. The molecule has 1 aromatic carbocycles. The number of nitro groups is 1. The van der Waals surface area contributed by atoms with E-state index in [0.29, 0.717) is 22.3 Å². The van der Waals surface area contributed by atoms with Gasteiger partial charge < -0.3 is 9.15 Å². The molecule has 0 aliphatic heterocycles. The molecule has 0 amide bonds.